The maximum Gasteiger partial charge on any atom is 0.193 e. The summed E-state index contributed by atoms with van der Waals surface area (Å²) in [4.78, 5) is 3.98. The zero-order valence-electron chi connectivity index (χ0n) is 6.41. The van der Waals surface area contributed by atoms with Crippen LogP contribution in [0.1, 0.15) is 5.56 Å². The number of anilines is 1. The molecule has 1 aromatic carbocycles. The van der Waals surface area contributed by atoms with E-state index in [-0.39, 0.29) is 5.75 Å². The highest BCUT2D eigenvalue weighted by atomic mass is 16.3. The molecule has 4 heteroatoms. The molecule has 0 fully saturated rings. The Bertz CT molecular complexity index is 346. The molecular weight excluding hydrogens is 154 g/mol. The van der Waals surface area contributed by atoms with E-state index in [1.807, 2.05) is 0 Å². The molecule has 0 saturated carbocycles. The van der Waals surface area contributed by atoms with Gasteiger partial charge < -0.3 is 16.2 Å². The third-order valence-electron chi connectivity index (χ3n) is 1.77. The van der Waals surface area contributed by atoms with Crippen LogP contribution in [0.3, 0.4) is 0 Å². The Labute approximate surface area is 69.7 Å². The molecule has 0 aromatic heterocycles. The molecule has 0 unspecified atom stereocenters. The van der Waals surface area contributed by atoms with Gasteiger partial charge in [0.25, 0.3) is 0 Å². The Hall–Kier alpha value is -1.71. The zero-order chi connectivity index (χ0) is 8.55. The molecule has 4 N–H and O–H groups in total. The minimum absolute atomic E-state index is 0.256. The van der Waals surface area contributed by atoms with Gasteiger partial charge >= 0.3 is 0 Å². The van der Waals surface area contributed by atoms with Gasteiger partial charge in [-0.15, -0.1) is 0 Å². The fourth-order valence-electron chi connectivity index (χ4n) is 1.18. The summed E-state index contributed by atoms with van der Waals surface area (Å²) in [5, 5.41) is 12.1. The van der Waals surface area contributed by atoms with E-state index in [1.54, 1.807) is 18.2 Å². The molecule has 0 atom stereocenters. The molecule has 0 bridgehead atoms. The molecule has 1 aliphatic rings. The fraction of sp³-hybridized carbons (Fsp3) is 0.125. The Balaban J connectivity index is 2.43. The van der Waals surface area contributed by atoms with Crippen molar-refractivity contribution in [2.75, 3.05) is 5.32 Å². The SMILES string of the molecule is NC1=NCc2cc(O)ccc2N1. The molecule has 0 radical (unpaired) electrons. The molecule has 4 nitrogen and oxygen atoms in total. The van der Waals surface area contributed by atoms with Crippen molar-refractivity contribution in [2.24, 2.45) is 10.7 Å². The number of nitrogens with zero attached hydrogens (tertiary/aromatic N) is 1. The van der Waals surface area contributed by atoms with Crippen molar-refractivity contribution in [3.63, 3.8) is 0 Å². The van der Waals surface area contributed by atoms with Crippen molar-refractivity contribution in [2.45, 2.75) is 6.54 Å². The fourth-order valence-corrected chi connectivity index (χ4v) is 1.18. The number of phenols is 1. The van der Waals surface area contributed by atoms with Crippen molar-refractivity contribution < 1.29 is 5.11 Å². The Morgan fingerprint density at radius 1 is 1.50 bits per heavy atom. The summed E-state index contributed by atoms with van der Waals surface area (Å²) >= 11 is 0. The van der Waals surface area contributed by atoms with Gasteiger partial charge in [-0.3, -0.25) is 0 Å². The maximum atomic E-state index is 9.15. The standard InChI is InChI=1S/C8H9N3O/c9-8-10-4-5-3-6(12)1-2-7(5)11-8/h1-3,12H,4H2,(H3,9,10,11). The summed E-state index contributed by atoms with van der Waals surface area (Å²) in [5.41, 5.74) is 7.34. The lowest BCUT2D eigenvalue weighted by Crippen LogP contribution is -2.25. The molecule has 0 saturated heterocycles. The predicted molar refractivity (Wildman–Crippen MR) is 47.1 cm³/mol. The molecular formula is C8H9N3O. The van der Waals surface area contributed by atoms with E-state index in [0.29, 0.717) is 12.5 Å². The lowest BCUT2D eigenvalue weighted by atomic mass is 10.1. The van der Waals surface area contributed by atoms with Gasteiger partial charge in [-0.25, -0.2) is 4.99 Å². The topological polar surface area (TPSA) is 70.6 Å². The number of nitrogens with one attached hydrogen (secondary N) is 1. The van der Waals surface area contributed by atoms with Crippen molar-refractivity contribution in [3.8, 4) is 5.75 Å². The summed E-state index contributed by atoms with van der Waals surface area (Å²) in [6, 6.07) is 5.08. The lowest BCUT2D eigenvalue weighted by molar-refractivity contribution is 0.474. The number of nitrogens with two attached hydrogens (primary N) is 1. The van der Waals surface area contributed by atoms with Crippen molar-refractivity contribution >= 4 is 11.6 Å². The molecule has 0 amide bonds. The van der Waals surface area contributed by atoms with Crippen LogP contribution in [0.15, 0.2) is 23.2 Å². The Kier molecular flexibility index (Phi) is 1.40. The third kappa shape index (κ3) is 1.07. The smallest absolute Gasteiger partial charge is 0.193 e. The number of aliphatic imine (C=N–C) groups is 1. The van der Waals surface area contributed by atoms with E-state index in [1.165, 1.54) is 0 Å². The molecule has 0 spiro atoms. The Morgan fingerprint density at radius 2 is 2.33 bits per heavy atom. The number of hydrogen-bond donors (Lipinski definition) is 3. The Morgan fingerprint density at radius 3 is 3.17 bits per heavy atom. The molecule has 1 aliphatic heterocycles. The summed E-state index contributed by atoms with van der Waals surface area (Å²) < 4.78 is 0. The highest BCUT2D eigenvalue weighted by Gasteiger charge is 2.08. The van der Waals surface area contributed by atoms with Crippen molar-refractivity contribution in [1.82, 2.24) is 0 Å². The second kappa shape index (κ2) is 2.41. The van der Waals surface area contributed by atoms with E-state index in [4.69, 9.17) is 10.8 Å². The molecule has 1 heterocycles. The van der Waals surface area contributed by atoms with E-state index in [2.05, 4.69) is 10.3 Å². The van der Waals surface area contributed by atoms with Crippen LogP contribution in [0.25, 0.3) is 0 Å². The second-order valence-electron chi connectivity index (χ2n) is 2.67. The first-order valence-corrected chi connectivity index (χ1v) is 3.64. The first-order valence-electron chi connectivity index (χ1n) is 3.64. The van der Waals surface area contributed by atoms with Gasteiger partial charge in [0.05, 0.1) is 6.54 Å². The van der Waals surface area contributed by atoms with Gasteiger partial charge in [-0.05, 0) is 18.2 Å². The number of hydrogen-bond acceptors (Lipinski definition) is 4. The van der Waals surface area contributed by atoms with Crippen LogP contribution in [-0.2, 0) is 6.54 Å². The van der Waals surface area contributed by atoms with Gasteiger partial charge in [0, 0.05) is 11.3 Å². The van der Waals surface area contributed by atoms with E-state index in [0.717, 1.165) is 11.3 Å². The highest BCUT2D eigenvalue weighted by Crippen LogP contribution is 2.23. The second-order valence-corrected chi connectivity index (χ2v) is 2.67. The number of aromatic hydroxyl groups is 1. The summed E-state index contributed by atoms with van der Waals surface area (Å²) in [6.45, 7) is 0.530. The number of guanidine groups is 1. The van der Waals surface area contributed by atoms with Crippen LogP contribution in [-0.4, -0.2) is 11.1 Å². The molecule has 1 aromatic rings. The van der Waals surface area contributed by atoms with Crippen LogP contribution < -0.4 is 11.1 Å². The number of benzene rings is 1. The number of rotatable bonds is 0. The van der Waals surface area contributed by atoms with Crippen LogP contribution in [0, 0.1) is 0 Å². The van der Waals surface area contributed by atoms with E-state index < -0.39 is 0 Å². The van der Waals surface area contributed by atoms with E-state index >= 15 is 0 Å². The van der Waals surface area contributed by atoms with Crippen LogP contribution in [0.2, 0.25) is 0 Å². The first kappa shape index (κ1) is 6.97. The molecule has 0 aliphatic carbocycles. The molecule has 62 valence electrons. The van der Waals surface area contributed by atoms with Crippen LogP contribution in [0.4, 0.5) is 5.69 Å². The van der Waals surface area contributed by atoms with Gasteiger partial charge in [0.1, 0.15) is 5.75 Å². The van der Waals surface area contributed by atoms with Crippen LogP contribution in [0.5, 0.6) is 5.75 Å². The first-order chi connectivity index (χ1) is 5.75. The van der Waals surface area contributed by atoms with Crippen LogP contribution >= 0.6 is 0 Å². The predicted octanol–water partition coefficient (Wildman–Crippen LogP) is 0.632. The highest BCUT2D eigenvalue weighted by molar-refractivity contribution is 5.94. The maximum absolute atomic E-state index is 9.15. The van der Waals surface area contributed by atoms with Gasteiger partial charge in [0.2, 0.25) is 0 Å². The molecule has 12 heavy (non-hydrogen) atoms. The average molecular weight is 163 g/mol. The molecule has 2 rings (SSSR count). The number of phenolic OH excluding ortho intramolecular Hbond substituents is 1. The van der Waals surface area contributed by atoms with Gasteiger partial charge in [-0.1, -0.05) is 0 Å². The van der Waals surface area contributed by atoms with Gasteiger partial charge in [-0.2, -0.15) is 0 Å². The minimum atomic E-state index is 0.256. The van der Waals surface area contributed by atoms with E-state index in [9.17, 15) is 0 Å². The largest absolute Gasteiger partial charge is 0.508 e. The third-order valence-corrected chi connectivity index (χ3v) is 1.77. The lowest BCUT2D eigenvalue weighted by Gasteiger charge is -2.15. The summed E-state index contributed by atoms with van der Waals surface area (Å²) in [5.74, 6) is 0.680. The summed E-state index contributed by atoms with van der Waals surface area (Å²) in [7, 11) is 0. The quantitative estimate of drug-likeness (QED) is 0.491. The normalized spacial score (nSPS) is 14.5. The number of fused-ring (bicyclic) bond motifs is 1. The average Bonchev–Trinajstić information content (AvgIpc) is 2.05. The van der Waals surface area contributed by atoms with Gasteiger partial charge in [0.15, 0.2) is 5.96 Å². The van der Waals surface area contributed by atoms with Crippen molar-refractivity contribution in [1.29, 1.82) is 0 Å². The van der Waals surface area contributed by atoms with Crippen molar-refractivity contribution in [3.05, 3.63) is 23.8 Å². The minimum Gasteiger partial charge on any atom is -0.508 e. The zero-order valence-corrected chi connectivity index (χ0v) is 6.41. The monoisotopic (exact) mass is 163 g/mol. The summed E-state index contributed by atoms with van der Waals surface area (Å²) in [6.07, 6.45) is 0.